The Morgan fingerprint density at radius 3 is 2.62 bits per heavy atom. The molecule has 1 N–H and O–H groups in total. The van der Waals surface area contributed by atoms with Gasteiger partial charge in [-0.05, 0) is 38.5 Å². The first kappa shape index (κ1) is 15.2. The number of nitrogens with zero attached hydrogens (tertiary/aromatic N) is 3. The zero-order chi connectivity index (χ0) is 15.5. The third kappa shape index (κ3) is 3.26. The predicted molar refractivity (Wildman–Crippen MR) is 77.0 cm³/mol. The average molecular weight is 290 g/mol. The van der Waals surface area contributed by atoms with Crippen LogP contribution >= 0.6 is 0 Å². The molecule has 1 heterocycles. The van der Waals surface area contributed by atoms with Gasteiger partial charge in [-0.15, -0.1) is 10.2 Å². The van der Waals surface area contributed by atoms with E-state index in [1.807, 2.05) is 11.5 Å². The van der Waals surface area contributed by atoms with Crippen molar-refractivity contribution in [1.82, 2.24) is 20.1 Å². The van der Waals surface area contributed by atoms with Gasteiger partial charge in [0.05, 0.1) is 12.0 Å². The minimum atomic E-state index is -0.745. The van der Waals surface area contributed by atoms with Gasteiger partial charge in [0.15, 0.2) is 5.82 Å². The van der Waals surface area contributed by atoms with Gasteiger partial charge in [0.2, 0.25) is 5.91 Å². The van der Waals surface area contributed by atoms with Gasteiger partial charge < -0.3 is 9.88 Å². The first-order chi connectivity index (χ1) is 9.95. The van der Waals surface area contributed by atoms with E-state index in [0.29, 0.717) is 12.4 Å². The molecule has 1 amide bonds. The molecule has 0 saturated carbocycles. The summed E-state index contributed by atoms with van der Waals surface area (Å²) in [6.45, 7) is 6.66. The van der Waals surface area contributed by atoms with Crippen molar-refractivity contribution in [2.24, 2.45) is 0 Å². The van der Waals surface area contributed by atoms with Gasteiger partial charge in [-0.1, -0.05) is 12.1 Å². The van der Waals surface area contributed by atoms with Crippen LogP contribution in [0, 0.1) is 5.82 Å². The number of carbonyl (C=O) groups excluding carboxylic acids is 1. The largest absolute Gasteiger partial charge is 0.348 e. The molecule has 0 radical (unpaired) electrons. The Labute approximate surface area is 123 Å². The summed E-state index contributed by atoms with van der Waals surface area (Å²) in [5.74, 6) is 0.256. The molecule has 112 valence electrons. The first-order valence-electron chi connectivity index (χ1n) is 6.86. The maximum Gasteiger partial charge on any atom is 0.230 e. The van der Waals surface area contributed by atoms with E-state index >= 15 is 0 Å². The molecule has 1 aromatic carbocycles. The second-order valence-corrected chi connectivity index (χ2v) is 5.35. The number of aryl methyl sites for hydroxylation is 1. The molecule has 0 spiro atoms. The van der Waals surface area contributed by atoms with Crippen LogP contribution in [-0.4, -0.2) is 20.7 Å². The molecule has 1 aromatic heterocycles. The molecule has 2 rings (SSSR count). The highest BCUT2D eigenvalue weighted by molar-refractivity contribution is 5.87. The highest BCUT2D eigenvalue weighted by atomic mass is 19.1. The normalized spacial score (nSPS) is 11.4. The Morgan fingerprint density at radius 1 is 1.33 bits per heavy atom. The maximum absolute atomic E-state index is 13.0. The number of hydrogen-bond donors (Lipinski definition) is 1. The lowest BCUT2D eigenvalue weighted by Crippen LogP contribution is -2.40. The van der Waals surface area contributed by atoms with Crippen molar-refractivity contribution in [1.29, 1.82) is 0 Å². The molecule has 0 atom stereocenters. The SMILES string of the molecule is CCn1cnnc1CNC(=O)C(C)(C)c1ccc(F)cc1. The summed E-state index contributed by atoms with van der Waals surface area (Å²) in [6, 6.07) is 5.98. The molecular weight excluding hydrogens is 271 g/mol. The Hall–Kier alpha value is -2.24. The number of amides is 1. The summed E-state index contributed by atoms with van der Waals surface area (Å²) in [7, 11) is 0. The molecule has 0 aliphatic carbocycles. The molecule has 0 bridgehead atoms. The summed E-state index contributed by atoms with van der Waals surface area (Å²) in [5, 5.41) is 10.7. The van der Waals surface area contributed by atoms with E-state index in [1.165, 1.54) is 12.1 Å². The van der Waals surface area contributed by atoms with Crippen LogP contribution in [0.3, 0.4) is 0 Å². The highest BCUT2D eigenvalue weighted by Crippen LogP contribution is 2.23. The fourth-order valence-corrected chi connectivity index (χ4v) is 2.06. The van der Waals surface area contributed by atoms with Gasteiger partial charge >= 0.3 is 0 Å². The maximum atomic E-state index is 13.0. The van der Waals surface area contributed by atoms with Gasteiger partial charge in [0.1, 0.15) is 12.1 Å². The van der Waals surface area contributed by atoms with Crippen LogP contribution in [-0.2, 0) is 23.3 Å². The smallest absolute Gasteiger partial charge is 0.230 e. The van der Waals surface area contributed by atoms with Crippen molar-refractivity contribution in [2.75, 3.05) is 0 Å². The fraction of sp³-hybridized carbons (Fsp3) is 0.400. The van der Waals surface area contributed by atoms with Crippen LogP contribution in [0.15, 0.2) is 30.6 Å². The van der Waals surface area contributed by atoms with E-state index < -0.39 is 5.41 Å². The molecule has 0 unspecified atom stereocenters. The molecule has 0 aliphatic heterocycles. The summed E-state index contributed by atoms with van der Waals surface area (Å²) in [4.78, 5) is 12.4. The summed E-state index contributed by atoms with van der Waals surface area (Å²) < 4.78 is 14.8. The number of nitrogens with one attached hydrogen (secondary N) is 1. The summed E-state index contributed by atoms with van der Waals surface area (Å²) >= 11 is 0. The van der Waals surface area contributed by atoms with E-state index in [9.17, 15) is 9.18 Å². The quantitative estimate of drug-likeness (QED) is 0.916. The van der Waals surface area contributed by atoms with Crippen molar-refractivity contribution in [3.8, 4) is 0 Å². The zero-order valence-corrected chi connectivity index (χ0v) is 12.4. The fourth-order valence-electron chi connectivity index (χ4n) is 2.06. The van der Waals surface area contributed by atoms with Gasteiger partial charge in [-0.3, -0.25) is 4.79 Å². The van der Waals surface area contributed by atoms with E-state index in [4.69, 9.17) is 0 Å². The van der Waals surface area contributed by atoms with Crippen molar-refractivity contribution >= 4 is 5.91 Å². The van der Waals surface area contributed by atoms with Gasteiger partial charge in [0.25, 0.3) is 0 Å². The second kappa shape index (κ2) is 6.03. The Balaban J connectivity index is 2.06. The van der Waals surface area contributed by atoms with Crippen LogP contribution in [0.4, 0.5) is 4.39 Å². The molecular formula is C15H19FN4O. The second-order valence-electron chi connectivity index (χ2n) is 5.35. The van der Waals surface area contributed by atoms with Crippen LogP contribution in [0.25, 0.3) is 0 Å². The van der Waals surface area contributed by atoms with Gasteiger partial charge in [-0.2, -0.15) is 0 Å². The minimum Gasteiger partial charge on any atom is -0.348 e. The topological polar surface area (TPSA) is 59.8 Å². The Morgan fingerprint density at radius 2 is 2.00 bits per heavy atom. The van der Waals surface area contributed by atoms with Crippen LogP contribution in [0.5, 0.6) is 0 Å². The Kier molecular flexibility index (Phi) is 4.35. The number of halogens is 1. The number of carbonyl (C=O) groups is 1. The van der Waals surface area contributed by atoms with Gasteiger partial charge in [-0.25, -0.2) is 4.39 Å². The van der Waals surface area contributed by atoms with E-state index in [1.54, 1.807) is 32.3 Å². The molecule has 6 heteroatoms. The van der Waals surface area contributed by atoms with Crippen LogP contribution < -0.4 is 5.32 Å². The highest BCUT2D eigenvalue weighted by Gasteiger charge is 2.29. The lowest BCUT2D eigenvalue weighted by atomic mass is 9.83. The summed E-state index contributed by atoms with van der Waals surface area (Å²) in [5.41, 5.74) is 0.0171. The monoisotopic (exact) mass is 290 g/mol. The van der Waals surface area contributed by atoms with Crippen LogP contribution in [0.2, 0.25) is 0 Å². The summed E-state index contributed by atoms with van der Waals surface area (Å²) in [6.07, 6.45) is 1.63. The number of rotatable bonds is 5. The third-order valence-corrected chi connectivity index (χ3v) is 3.58. The van der Waals surface area contributed by atoms with Crippen molar-refractivity contribution < 1.29 is 9.18 Å². The molecule has 0 aliphatic rings. The molecule has 5 nitrogen and oxygen atoms in total. The number of aromatic nitrogens is 3. The molecule has 0 saturated heterocycles. The predicted octanol–water partition coefficient (Wildman–Crippen LogP) is 2.03. The molecule has 0 fully saturated rings. The van der Waals surface area contributed by atoms with E-state index in [-0.39, 0.29) is 11.7 Å². The first-order valence-corrected chi connectivity index (χ1v) is 6.86. The Bertz CT molecular complexity index is 619. The third-order valence-electron chi connectivity index (χ3n) is 3.58. The standard InChI is InChI=1S/C15H19FN4O/c1-4-20-10-18-19-13(20)9-17-14(21)15(2,3)11-5-7-12(16)8-6-11/h5-8,10H,4,9H2,1-3H3,(H,17,21). The number of benzene rings is 1. The van der Waals surface area contributed by atoms with Crippen molar-refractivity contribution in [3.63, 3.8) is 0 Å². The molecule has 2 aromatic rings. The average Bonchev–Trinajstić information content (AvgIpc) is 2.92. The number of hydrogen-bond acceptors (Lipinski definition) is 3. The lowest BCUT2D eigenvalue weighted by Gasteiger charge is -2.24. The lowest BCUT2D eigenvalue weighted by molar-refractivity contribution is -0.125. The van der Waals surface area contributed by atoms with Gasteiger partial charge in [0, 0.05) is 6.54 Å². The zero-order valence-electron chi connectivity index (χ0n) is 12.4. The molecule has 21 heavy (non-hydrogen) atoms. The minimum absolute atomic E-state index is 0.139. The van der Waals surface area contributed by atoms with Crippen LogP contribution in [0.1, 0.15) is 32.2 Å². The van der Waals surface area contributed by atoms with E-state index in [0.717, 1.165) is 12.1 Å². The van der Waals surface area contributed by atoms with Crippen molar-refractivity contribution in [2.45, 2.75) is 39.3 Å². The van der Waals surface area contributed by atoms with Crippen molar-refractivity contribution in [3.05, 3.63) is 47.8 Å². The van der Waals surface area contributed by atoms with E-state index in [2.05, 4.69) is 15.5 Å².